The monoisotopic (exact) mass is 324 g/mol. The summed E-state index contributed by atoms with van der Waals surface area (Å²) in [5.74, 6) is 0.575. The van der Waals surface area contributed by atoms with Crippen molar-refractivity contribution in [2.24, 2.45) is 10.1 Å². The van der Waals surface area contributed by atoms with Crippen molar-refractivity contribution in [1.82, 2.24) is 4.90 Å². The molecule has 0 saturated carbocycles. The van der Waals surface area contributed by atoms with Crippen LogP contribution in [0.4, 0.5) is 10.5 Å². The van der Waals surface area contributed by atoms with Gasteiger partial charge in [-0.05, 0) is 31.0 Å². The van der Waals surface area contributed by atoms with Crippen molar-refractivity contribution in [3.05, 3.63) is 24.3 Å². The van der Waals surface area contributed by atoms with Crippen LogP contribution in [0.25, 0.3) is 0 Å². The third kappa shape index (κ3) is 4.20. The smallest absolute Gasteiger partial charge is 0.316 e. The molecule has 1 aliphatic rings. The maximum Gasteiger partial charge on any atom is 0.316 e. The molecule has 2 rings (SSSR count). The number of hydrogen-bond acceptors (Lipinski definition) is 3. The zero-order chi connectivity index (χ0) is 16.2. The number of primary amides is 1. The molecule has 0 unspecified atom stereocenters. The van der Waals surface area contributed by atoms with Crippen molar-refractivity contribution < 1.29 is 13.2 Å². The highest BCUT2D eigenvalue weighted by Crippen LogP contribution is 2.19. The van der Waals surface area contributed by atoms with Crippen LogP contribution in [0.2, 0.25) is 0 Å². The number of nitrogens with one attached hydrogen (secondary N) is 1. The number of amides is 2. The quantitative estimate of drug-likeness (QED) is 0.884. The van der Waals surface area contributed by atoms with Gasteiger partial charge >= 0.3 is 6.03 Å². The van der Waals surface area contributed by atoms with Gasteiger partial charge < -0.3 is 16.0 Å². The van der Waals surface area contributed by atoms with E-state index in [9.17, 15) is 13.2 Å². The fourth-order valence-corrected chi connectivity index (χ4v) is 3.45. The van der Waals surface area contributed by atoms with Crippen LogP contribution >= 0.6 is 0 Å². The molecule has 3 N–H and O–H groups in total. The molecule has 1 fully saturated rings. The Kier molecular flexibility index (Phi) is 5.02. The van der Waals surface area contributed by atoms with Crippen LogP contribution in [0.3, 0.4) is 0 Å². The van der Waals surface area contributed by atoms with Gasteiger partial charge in [0.25, 0.3) is 10.0 Å². The summed E-state index contributed by atoms with van der Waals surface area (Å²) in [6, 6.07) is 5.15. The Morgan fingerprint density at radius 2 is 2.09 bits per heavy atom. The second-order valence-electron chi connectivity index (χ2n) is 5.23. The number of likely N-dealkylation sites (tertiary alicyclic amines) is 1. The third-order valence-corrected chi connectivity index (χ3v) is 4.76. The Morgan fingerprint density at radius 3 is 2.82 bits per heavy atom. The van der Waals surface area contributed by atoms with Crippen LogP contribution in [-0.2, 0) is 10.0 Å². The lowest BCUT2D eigenvalue weighted by Gasteiger charge is -2.17. The molecule has 0 aromatic heterocycles. The van der Waals surface area contributed by atoms with Crippen molar-refractivity contribution in [3.63, 3.8) is 0 Å². The highest BCUT2D eigenvalue weighted by atomic mass is 32.2. The second-order valence-corrected chi connectivity index (χ2v) is 6.84. The van der Waals surface area contributed by atoms with Crippen molar-refractivity contribution in [2.75, 3.05) is 18.9 Å². The molecule has 0 aliphatic carbocycles. The summed E-state index contributed by atoms with van der Waals surface area (Å²) >= 11 is 0. The molecule has 0 spiro atoms. The maximum atomic E-state index is 12.4. The van der Waals surface area contributed by atoms with E-state index in [0.717, 1.165) is 25.8 Å². The molecule has 1 aromatic rings. The van der Waals surface area contributed by atoms with Gasteiger partial charge in [-0.2, -0.15) is 8.42 Å². The van der Waals surface area contributed by atoms with E-state index in [0.29, 0.717) is 17.9 Å². The standard InChI is InChI=1S/C14H20N4O3S/c1-18-9-4-2-3-8-13(18)17-22(20,21)12-7-5-6-11(10-12)16-14(15)19/h5-7,10H,2-4,8-9H2,1H3,(H3,15,16,19)/b17-13+. The summed E-state index contributed by atoms with van der Waals surface area (Å²) in [6.07, 6.45) is 3.69. The molecule has 7 nitrogen and oxygen atoms in total. The predicted octanol–water partition coefficient (Wildman–Crippen LogP) is 1.77. The highest BCUT2D eigenvalue weighted by molar-refractivity contribution is 7.90. The molecule has 8 heteroatoms. The molecule has 0 radical (unpaired) electrons. The number of nitrogens with two attached hydrogens (primary N) is 1. The Bertz CT molecular complexity index is 685. The molecule has 0 atom stereocenters. The van der Waals surface area contributed by atoms with Crippen LogP contribution in [0.1, 0.15) is 25.7 Å². The number of carbonyl (C=O) groups is 1. The molecule has 2 amide bonds. The molecule has 120 valence electrons. The first kappa shape index (κ1) is 16.3. The SMILES string of the molecule is CN1CCCCC/C1=N\S(=O)(=O)c1cccc(NC(N)=O)c1. The minimum Gasteiger partial charge on any atom is -0.362 e. The van der Waals surface area contributed by atoms with Crippen molar-refractivity contribution in [2.45, 2.75) is 30.6 Å². The average molecular weight is 324 g/mol. The van der Waals surface area contributed by atoms with E-state index in [1.165, 1.54) is 18.2 Å². The average Bonchev–Trinajstić information content (AvgIpc) is 2.63. The molecular weight excluding hydrogens is 304 g/mol. The van der Waals surface area contributed by atoms with E-state index in [1.807, 2.05) is 11.9 Å². The number of nitrogens with zero attached hydrogens (tertiary/aromatic N) is 2. The van der Waals surface area contributed by atoms with Gasteiger partial charge in [0.05, 0.1) is 4.90 Å². The van der Waals surface area contributed by atoms with Gasteiger partial charge in [0, 0.05) is 25.7 Å². The Morgan fingerprint density at radius 1 is 1.32 bits per heavy atom. The number of rotatable bonds is 3. The van der Waals surface area contributed by atoms with Crippen molar-refractivity contribution >= 4 is 27.6 Å². The van der Waals surface area contributed by atoms with E-state index in [1.54, 1.807) is 6.07 Å². The Labute approximate surface area is 130 Å². The van der Waals surface area contributed by atoms with Gasteiger partial charge in [0.2, 0.25) is 0 Å². The summed E-state index contributed by atoms with van der Waals surface area (Å²) in [7, 11) is -1.96. The van der Waals surface area contributed by atoms with Crippen LogP contribution < -0.4 is 11.1 Å². The largest absolute Gasteiger partial charge is 0.362 e. The number of carbonyl (C=O) groups excluding carboxylic acids is 1. The molecule has 1 heterocycles. The minimum absolute atomic E-state index is 0.0314. The lowest BCUT2D eigenvalue weighted by Crippen LogP contribution is -2.27. The van der Waals surface area contributed by atoms with Gasteiger partial charge in [0.1, 0.15) is 5.84 Å². The van der Waals surface area contributed by atoms with E-state index in [4.69, 9.17) is 5.73 Å². The van der Waals surface area contributed by atoms with Gasteiger partial charge in [-0.15, -0.1) is 4.40 Å². The third-order valence-electron chi connectivity index (χ3n) is 3.46. The lowest BCUT2D eigenvalue weighted by molar-refractivity contribution is 0.259. The first-order valence-corrected chi connectivity index (χ1v) is 8.54. The zero-order valence-corrected chi connectivity index (χ0v) is 13.3. The first-order chi connectivity index (χ1) is 10.4. The Hall–Kier alpha value is -2.09. The molecule has 1 saturated heterocycles. The topological polar surface area (TPSA) is 105 Å². The molecule has 1 aromatic carbocycles. The van der Waals surface area contributed by atoms with Crippen LogP contribution in [0.5, 0.6) is 0 Å². The summed E-state index contributed by atoms with van der Waals surface area (Å²) < 4.78 is 28.8. The van der Waals surface area contributed by atoms with E-state index in [-0.39, 0.29) is 4.90 Å². The zero-order valence-electron chi connectivity index (χ0n) is 12.4. The number of urea groups is 1. The van der Waals surface area contributed by atoms with Gasteiger partial charge in [-0.25, -0.2) is 4.79 Å². The molecular formula is C14H20N4O3S. The summed E-state index contributed by atoms with van der Waals surface area (Å²) in [5.41, 5.74) is 5.36. The fourth-order valence-electron chi connectivity index (χ4n) is 2.31. The fraction of sp³-hybridized carbons (Fsp3) is 0.429. The van der Waals surface area contributed by atoms with Crippen LogP contribution in [0.15, 0.2) is 33.6 Å². The second kappa shape index (κ2) is 6.78. The van der Waals surface area contributed by atoms with E-state index >= 15 is 0 Å². The van der Waals surface area contributed by atoms with Crippen LogP contribution in [0, 0.1) is 0 Å². The molecule has 0 bridgehead atoms. The summed E-state index contributed by atoms with van der Waals surface area (Å²) in [4.78, 5) is 12.8. The Balaban J connectivity index is 2.31. The predicted molar refractivity (Wildman–Crippen MR) is 85.4 cm³/mol. The van der Waals surface area contributed by atoms with E-state index in [2.05, 4.69) is 9.71 Å². The van der Waals surface area contributed by atoms with Gasteiger partial charge in [-0.1, -0.05) is 12.5 Å². The number of benzene rings is 1. The minimum atomic E-state index is -3.81. The number of anilines is 1. The lowest BCUT2D eigenvalue weighted by atomic mass is 10.2. The van der Waals surface area contributed by atoms with Gasteiger partial charge in [0.15, 0.2) is 0 Å². The number of sulfonamides is 1. The summed E-state index contributed by atoms with van der Waals surface area (Å²) in [6.45, 7) is 0.803. The first-order valence-electron chi connectivity index (χ1n) is 7.10. The van der Waals surface area contributed by atoms with Gasteiger partial charge in [-0.3, -0.25) is 0 Å². The maximum absolute atomic E-state index is 12.4. The van der Waals surface area contributed by atoms with Crippen LogP contribution in [-0.4, -0.2) is 38.8 Å². The number of hydrogen-bond donors (Lipinski definition) is 2. The number of amidine groups is 1. The van der Waals surface area contributed by atoms with Crippen molar-refractivity contribution in [1.29, 1.82) is 0 Å². The highest BCUT2D eigenvalue weighted by Gasteiger charge is 2.18. The summed E-state index contributed by atoms with van der Waals surface area (Å²) in [5, 5.41) is 2.36. The normalized spacial score (nSPS) is 18.0. The molecule has 22 heavy (non-hydrogen) atoms. The molecule has 1 aliphatic heterocycles. The van der Waals surface area contributed by atoms with E-state index < -0.39 is 16.1 Å². The van der Waals surface area contributed by atoms with Crippen molar-refractivity contribution in [3.8, 4) is 0 Å².